The summed E-state index contributed by atoms with van der Waals surface area (Å²) in [6.07, 6.45) is -0.406. The zero-order valence-corrected chi connectivity index (χ0v) is 15.6. The third kappa shape index (κ3) is 4.56. The maximum absolute atomic E-state index is 12.2. The van der Waals surface area contributed by atoms with Crippen LogP contribution in [-0.4, -0.2) is 53.3 Å². The molecular formula is C22H26N2O3. The molecular weight excluding hydrogens is 340 g/mol. The average molecular weight is 366 g/mol. The zero-order chi connectivity index (χ0) is 19.2. The van der Waals surface area contributed by atoms with E-state index in [1.54, 1.807) is 11.8 Å². The third-order valence-corrected chi connectivity index (χ3v) is 4.82. The smallest absolute Gasteiger partial charge is 0.414 e. The highest BCUT2D eigenvalue weighted by Gasteiger charge is 2.35. The summed E-state index contributed by atoms with van der Waals surface area (Å²) in [6, 6.07) is 20.4. The lowest BCUT2D eigenvalue weighted by Gasteiger charge is -2.44. The number of amides is 1. The van der Waals surface area contributed by atoms with Gasteiger partial charge in [-0.15, -0.1) is 0 Å². The monoisotopic (exact) mass is 366 g/mol. The Morgan fingerprint density at radius 1 is 1.11 bits per heavy atom. The van der Waals surface area contributed by atoms with Gasteiger partial charge in [0.1, 0.15) is 0 Å². The molecule has 2 aromatic rings. The summed E-state index contributed by atoms with van der Waals surface area (Å²) in [6.45, 7) is 6.84. The Labute approximate surface area is 160 Å². The molecule has 0 saturated carbocycles. The second kappa shape index (κ2) is 8.84. The topological polar surface area (TPSA) is 53.0 Å². The number of aliphatic hydroxyl groups is 1. The molecule has 27 heavy (non-hydrogen) atoms. The van der Waals surface area contributed by atoms with Crippen LogP contribution in [0.25, 0.3) is 0 Å². The van der Waals surface area contributed by atoms with Crippen molar-refractivity contribution in [1.29, 1.82) is 0 Å². The van der Waals surface area contributed by atoms with Gasteiger partial charge in [0.2, 0.25) is 0 Å². The first-order valence-corrected chi connectivity index (χ1v) is 9.19. The first-order valence-electron chi connectivity index (χ1n) is 9.19. The number of piperazine rings is 1. The van der Waals surface area contributed by atoms with Crippen LogP contribution in [0.5, 0.6) is 0 Å². The number of benzene rings is 2. The lowest BCUT2D eigenvalue weighted by molar-refractivity contribution is 0.0214. The standard InChI is InChI=1S/C22H26N2O3/c1-17(2)27-22(26)23-13-14-24(20(15-23)16-25)21(18-9-5-3-6-10-18)19-11-7-4-8-12-19/h3-12,20-21,25H,1,13-16H2,2H3. The van der Waals surface area contributed by atoms with E-state index >= 15 is 0 Å². The van der Waals surface area contributed by atoms with Crippen molar-refractivity contribution in [1.82, 2.24) is 9.80 Å². The summed E-state index contributed by atoms with van der Waals surface area (Å²) in [5.74, 6) is 0.370. The van der Waals surface area contributed by atoms with Gasteiger partial charge < -0.3 is 14.7 Å². The summed E-state index contributed by atoms with van der Waals surface area (Å²) in [5, 5.41) is 10.0. The Morgan fingerprint density at radius 3 is 2.15 bits per heavy atom. The number of nitrogens with zero attached hydrogens (tertiary/aromatic N) is 2. The molecule has 5 heteroatoms. The Hall–Kier alpha value is -2.63. The normalized spacial score (nSPS) is 17.7. The van der Waals surface area contributed by atoms with Gasteiger partial charge in [-0.2, -0.15) is 0 Å². The van der Waals surface area contributed by atoms with Crippen LogP contribution >= 0.6 is 0 Å². The van der Waals surface area contributed by atoms with E-state index in [4.69, 9.17) is 4.74 Å². The molecule has 1 heterocycles. The SMILES string of the molecule is C=C(C)OC(=O)N1CCN(C(c2ccccc2)c2ccccc2)C(CO)C1. The Bertz CT molecular complexity index is 724. The maximum Gasteiger partial charge on any atom is 0.414 e. The predicted octanol–water partition coefficient (Wildman–Crippen LogP) is 3.42. The summed E-state index contributed by atoms with van der Waals surface area (Å²) < 4.78 is 5.14. The Balaban J connectivity index is 1.87. The van der Waals surface area contributed by atoms with Crippen molar-refractivity contribution in [2.24, 2.45) is 0 Å². The van der Waals surface area contributed by atoms with Crippen LogP contribution < -0.4 is 0 Å². The molecule has 2 aromatic carbocycles. The number of hydrogen-bond acceptors (Lipinski definition) is 4. The van der Waals surface area contributed by atoms with Crippen LogP contribution in [0.1, 0.15) is 24.1 Å². The quantitative estimate of drug-likeness (QED) is 0.824. The van der Waals surface area contributed by atoms with Crippen molar-refractivity contribution in [3.63, 3.8) is 0 Å². The fraction of sp³-hybridized carbons (Fsp3) is 0.318. The average Bonchev–Trinajstić information content (AvgIpc) is 2.69. The Kier molecular flexibility index (Phi) is 6.27. The number of aliphatic hydroxyl groups excluding tert-OH is 1. The van der Waals surface area contributed by atoms with Gasteiger partial charge in [-0.1, -0.05) is 67.2 Å². The summed E-state index contributed by atoms with van der Waals surface area (Å²) in [7, 11) is 0. The first kappa shape index (κ1) is 19.1. The number of carbonyl (C=O) groups is 1. The highest BCUT2D eigenvalue weighted by molar-refractivity contribution is 5.69. The number of rotatable bonds is 5. The van der Waals surface area contributed by atoms with Crippen LogP contribution in [0, 0.1) is 0 Å². The molecule has 0 aliphatic carbocycles. The molecule has 0 bridgehead atoms. The predicted molar refractivity (Wildman–Crippen MR) is 105 cm³/mol. The molecule has 5 nitrogen and oxygen atoms in total. The van der Waals surface area contributed by atoms with Crippen LogP contribution in [-0.2, 0) is 4.74 Å². The molecule has 1 amide bonds. The number of ether oxygens (including phenoxy) is 1. The van der Waals surface area contributed by atoms with Gasteiger partial charge in [0.15, 0.2) is 0 Å². The van der Waals surface area contributed by atoms with Crippen molar-refractivity contribution in [2.75, 3.05) is 26.2 Å². The van der Waals surface area contributed by atoms with Crippen molar-refractivity contribution >= 4 is 6.09 Å². The highest BCUT2D eigenvalue weighted by Crippen LogP contribution is 2.32. The van der Waals surface area contributed by atoms with E-state index in [0.29, 0.717) is 25.4 Å². The molecule has 3 rings (SSSR count). The summed E-state index contributed by atoms with van der Waals surface area (Å²) in [4.78, 5) is 16.1. The van der Waals surface area contributed by atoms with Gasteiger partial charge in [-0.25, -0.2) is 4.79 Å². The molecule has 142 valence electrons. The Morgan fingerprint density at radius 2 is 1.67 bits per heavy atom. The maximum atomic E-state index is 12.2. The van der Waals surface area contributed by atoms with E-state index in [-0.39, 0.29) is 18.7 Å². The molecule has 1 saturated heterocycles. The van der Waals surface area contributed by atoms with Crippen LogP contribution in [0.15, 0.2) is 73.0 Å². The molecule has 0 radical (unpaired) electrons. The van der Waals surface area contributed by atoms with Crippen LogP contribution in [0.3, 0.4) is 0 Å². The van der Waals surface area contributed by atoms with Gasteiger partial charge in [-0.05, 0) is 18.1 Å². The zero-order valence-electron chi connectivity index (χ0n) is 15.6. The van der Waals surface area contributed by atoms with Crippen molar-refractivity contribution in [3.8, 4) is 0 Å². The van der Waals surface area contributed by atoms with Gasteiger partial charge in [-0.3, -0.25) is 4.90 Å². The fourth-order valence-corrected chi connectivity index (χ4v) is 3.60. The van der Waals surface area contributed by atoms with Crippen LogP contribution in [0.4, 0.5) is 4.79 Å². The minimum Gasteiger partial charge on any atom is -0.416 e. The second-order valence-corrected chi connectivity index (χ2v) is 6.81. The van der Waals surface area contributed by atoms with Crippen molar-refractivity contribution in [2.45, 2.75) is 19.0 Å². The van der Waals surface area contributed by atoms with E-state index in [1.807, 2.05) is 36.4 Å². The minimum atomic E-state index is -0.406. The number of carbonyl (C=O) groups excluding carboxylic acids is 1. The number of allylic oxidation sites excluding steroid dienone is 1. The minimum absolute atomic E-state index is 0.0175. The van der Waals surface area contributed by atoms with E-state index in [1.165, 1.54) is 11.1 Å². The molecule has 1 unspecified atom stereocenters. The molecule has 1 N–H and O–H groups in total. The van der Waals surface area contributed by atoms with E-state index in [2.05, 4.69) is 35.7 Å². The highest BCUT2D eigenvalue weighted by atomic mass is 16.6. The largest absolute Gasteiger partial charge is 0.416 e. The summed E-state index contributed by atoms with van der Waals surface area (Å²) in [5.41, 5.74) is 2.33. The molecule has 0 spiro atoms. The lowest BCUT2D eigenvalue weighted by atomic mass is 9.94. The molecule has 1 atom stereocenters. The van der Waals surface area contributed by atoms with Crippen molar-refractivity contribution < 1.29 is 14.6 Å². The van der Waals surface area contributed by atoms with Gasteiger partial charge in [0.05, 0.1) is 24.4 Å². The fourth-order valence-electron chi connectivity index (χ4n) is 3.60. The van der Waals surface area contributed by atoms with Crippen LogP contribution in [0.2, 0.25) is 0 Å². The van der Waals surface area contributed by atoms with E-state index in [0.717, 1.165) is 0 Å². The first-order chi connectivity index (χ1) is 13.1. The third-order valence-electron chi connectivity index (χ3n) is 4.82. The van der Waals surface area contributed by atoms with Gasteiger partial charge in [0.25, 0.3) is 0 Å². The lowest BCUT2D eigenvalue weighted by Crippen LogP contribution is -2.57. The molecule has 1 aliphatic heterocycles. The summed E-state index contributed by atoms with van der Waals surface area (Å²) >= 11 is 0. The molecule has 0 aromatic heterocycles. The second-order valence-electron chi connectivity index (χ2n) is 6.81. The van der Waals surface area contributed by atoms with Gasteiger partial charge >= 0.3 is 6.09 Å². The molecule has 1 fully saturated rings. The number of hydrogen-bond donors (Lipinski definition) is 1. The van der Waals surface area contributed by atoms with Crippen molar-refractivity contribution in [3.05, 3.63) is 84.1 Å². The molecule has 1 aliphatic rings. The van der Waals surface area contributed by atoms with Gasteiger partial charge in [0, 0.05) is 19.6 Å². The van der Waals surface area contributed by atoms with E-state index < -0.39 is 6.09 Å². The van der Waals surface area contributed by atoms with E-state index in [9.17, 15) is 9.90 Å².